The molecule has 1 aliphatic rings. The summed E-state index contributed by atoms with van der Waals surface area (Å²) in [6.07, 6.45) is 6.94. The first-order chi connectivity index (χ1) is 17.6. The van der Waals surface area contributed by atoms with Crippen LogP contribution in [0.15, 0.2) is 17.5 Å². The van der Waals surface area contributed by atoms with Crippen LogP contribution < -0.4 is 27.8 Å². The molecule has 2 rings (SSSR count). The van der Waals surface area contributed by atoms with Gasteiger partial charge in [0, 0.05) is 31.4 Å². The van der Waals surface area contributed by atoms with Gasteiger partial charge >= 0.3 is 5.97 Å². The molecular formula is C22H37N9O5S. The van der Waals surface area contributed by atoms with Crippen LogP contribution in [0.2, 0.25) is 0 Å². The predicted octanol–water partition coefficient (Wildman–Crippen LogP) is -1.87. The third-order valence-electron chi connectivity index (χ3n) is 5.95. The molecule has 14 nitrogen and oxygen atoms in total. The smallest absolute Gasteiger partial charge is 0.326 e. The Morgan fingerprint density at radius 1 is 1.27 bits per heavy atom. The number of carbonyl (C=O) groups is 4. The first-order valence-electron chi connectivity index (χ1n) is 12.0. The van der Waals surface area contributed by atoms with E-state index < -0.39 is 42.0 Å². The molecule has 1 aliphatic heterocycles. The molecule has 4 unspecified atom stereocenters. The van der Waals surface area contributed by atoms with Crippen molar-refractivity contribution in [1.82, 2.24) is 25.5 Å². The number of aromatic amines is 1. The standard InChI is InChI=1S/C22H37N9O5S/c1-37-9-6-16(21(35)36)30-18(32)15(4-2-7-27-22(24)25)29-19(33)17-5-3-8-31(17)20(34)14(23)10-13-11-26-12-28-13/h11-12,14-17H,2-10,23H2,1H3,(H,26,28)(H,29,33)(H,30,32)(H,35,36)(H4,24,25,27). The zero-order chi connectivity index (χ0) is 27.4. The summed E-state index contributed by atoms with van der Waals surface area (Å²) in [5.74, 6) is -2.22. The topological polar surface area (TPSA) is 235 Å². The number of aliphatic imine (C=N–C) groups is 1. The molecule has 0 aromatic carbocycles. The van der Waals surface area contributed by atoms with Gasteiger partial charge in [0.2, 0.25) is 17.7 Å². The Balaban J connectivity index is 2.08. The van der Waals surface area contributed by atoms with Crippen molar-refractivity contribution in [2.24, 2.45) is 22.2 Å². The summed E-state index contributed by atoms with van der Waals surface area (Å²) < 4.78 is 0. The molecule has 37 heavy (non-hydrogen) atoms. The average molecular weight is 540 g/mol. The average Bonchev–Trinajstić information content (AvgIpc) is 3.54. The van der Waals surface area contributed by atoms with E-state index in [4.69, 9.17) is 17.2 Å². The van der Waals surface area contributed by atoms with E-state index in [0.717, 1.165) is 0 Å². The number of carbonyl (C=O) groups excluding carboxylic acids is 3. The van der Waals surface area contributed by atoms with E-state index in [-0.39, 0.29) is 37.7 Å². The Kier molecular flexibility index (Phi) is 12.2. The van der Waals surface area contributed by atoms with Crippen molar-refractivity contribution in [3.8, 4) is 0 Å². The van der Waals surface area contributed by atoms with E-state index in [1.54, 1.807) is 6.20 Å². The molecule has 0 saturated carbocycles. The van der Waals surface area contributed by atoms with Crippen LogP contribution in [0, 0.1) is 0 Å². The second-order valence-corrected chi connectivity index (χ2v) is 9.75. The number of hydrogen-bond acceptors (Lipinski definition) is 8. The molecule has 1 fully saturated rings. The van der Waals surface area contributed by atoms with Crippen LogP contribution in [0.25, 0.3) is 0 Å². The van der Waals surface area contributed by atoms with Crippen LogP contribution >= 0.6 is 11.8 Å². The Morgan fingerprint density at radius 3 is 2.65 bits per heavy atom. The van der Waals surface area contributed by atoms with E-state index in [9.17, 15) is 24.3 Å². The number of H-pyrrole nitrogens is 1. The molecule has 4 atom stereocenters. The lowest BCUT2D eigenvalue weighted by atomic mass is 10.1. The minimum atomic E-state index is -1.16. The summed E-state index contributed by atoms with van der Waals surface area (Å²) in [5.41, 5.74) is 17.5. The Labute approximate surface area is 219 Å². The number of amides is 3. The van der Waals surface area contributed by atoms with Crippen LogP contribution in [0.5, 0.6) is 0 Å². The van der Waals surface area contributed by atoms with Gasteiger partial charge in [0.05, 0.1) is 12.4 Å². The SMILES string of the molecule is CSCCC(NC(=O)C(CCCN=C(N)N)NC(=O)C1CCCN1C(=O)C(N)Cc1cnc[nH]1)C(=O)O. The minimum absolute atomic E-state index is 0.0976. The number of carboxylic acid groups (broad SMARTS) is 1. The van der Waals surface area contributed by atoms with E-state index in [0.29, 0.717) is 37.3 Å². The number of thioether (sulfide) groups is 1. The van der Waals surface area contributed by atoms with Gasteiger partial charge in [0.15, 0.2) is 5.96 Å². The molecule has 1 aromatic rings. The van der Waals surface area contributed by atoms with Crippen molar-refractivity contribution < 1.29 is 24.3 Å². The number of hydrogen-bond donors (Lipinski definition) is 7. The van der Waals surface area contributed by atoms with Gasteiger partial charge in [-0.1, -0.05) is 0 Å². The van der Waals surface area contributed by atoms with Crippen LogP contribution in [0.3, 0.4) is 0 Å². The van der Waals surface area contributed by atoms with Crippen LogP contribution in [-0.2, 0) is 25.6 Å². The number of nitrogens with one attached hydrogen (secondary N) is 3. The number of rotatable bonds is 15. The van der Waals surface area contributed by atoms with E-state index >= 15 is 0 Å². The van der Waals surface area contributed by atoms with Crippen molar-refractivity contribution in [2.75, 3.05) is 25.1 Å². The highest BCUT2D eigenvalue weighted by molar-refractivity contribution is 7.98. The maximum Gasteiger partial charge on any atom is 0.326 e. The molecular weight excluding hydrogens is 502 g/mol. The molecule has 15 heteroatoms. The van der Waals surface area contributed by atoms with Crippen LogP contribution in [0.1, 0.15) is 37.8 Å². The van der Waals surface area contributed by atoms with Crippen LogP contribution in [0.4, 0.5) is 0 Å². The second-order valence-electron chi connectivity index (χ2n) is 8.77. The highest BCUT2D eigenvalue weighted by Crippen LogP contribution is 2.19. The van der Waals surface area contributed by atoms with Crippen LogP contribution in [-0.4, -0.2) is 98.9 Å². The Morgan fingerprint density at radius 2 is 2.03 bits per heavy atom. The largest absolute Gasteiger partial charge is 0.480 e. The van der Waals surface area contributed by atoms with Gasteiger partial charge in [0.25, 0.3) is 0 Å². The number of carboxylic acids is 1. The normalized spacial score (nSPS) is 17.5. The number of nitrogens with zero attached hydrogens (tertiary/aromatic N) is 3. The zero-order valence-corrected chi connectivity index (χ0v) is 21.7. The first kappa shape index (κ1) is 29.9. The third-order valence-corrected chi connectivity index (χ3v) is 6.60. The van der Waals surface area contributed by atoms with Crippen molar-refractivity contribution in [3.63, 3.8) is 0 Å². The van der Waals surface area contributed by atoms with Gasteiger partial charge in [-0.25, -0.2) is 9.78 Å². The first-order valence-corrected chi connectivity index (χ1v) is 13.4. The maximum absolute atomic E-state index is 13.2. The van der Waals surface area contributed by atoms with Crippen molar-refractivity contribution in [1.29, 1.82) is 0 Å². The fraction of sp³-hybridized carbons (Fsp3) is 0.636. The predicted molar refractivity (Wildman–Crippen MR) is 139 cm³/mol. The Bertz CT molecular complexity index is 939. The summed E-state index contributed by atoms with van der Waals surface area (Å²) in [5, 5.41) is 14.7. The summed E-state index contributed by atoms with van der Waals surface area (Å²) in [4.78, 5) is 63.0. The molecule has 0 aliphatic carbocycles. The van der Waals surface area contributed by atoms with Gasteiger partial charge in [-0.15, -0.1) is 0 Å². The number of aromatic nitrogens is 2. The summed E-state index contributed by atoms with van der Waals surface area (Å²) in [7, 11) is 0. The lowest BCUT2D eigenvalue weighted by Crippen LogP contribution is -2.56. The molecule has 10 N–H and O–H groups in total. The summed E-state index contributed by atoms with van der Waals surface area (Å²) in [6.45, 7) is 0.595. The number of guanidine groups is 1. The third kappa shape index (κ3) is 9.57. The quantitative estimate of drug-likeness (QED) is 0.0744. The van der Waals surface area contributed by atoms with Gasteiger partial charge in [-0.2, -0.15) is 11.8 Å². The highest BCUT2D eigenvalue weighted by atomic mass is 32.2. The molecule has 1 saturated heterocycles. The molecule has 3 amide bonds. The van der Waals surface area contributed by atoms with Crippen molar-refractivity contribution in [3.05, 3.63) is 18.2 Å². The molecule has 0 radical (unpaired) electrons. The second kappa shape index (κ2) is 15.0. The summed E-state index contributed by atoms with van der Waals surface area (Å²) in [6, 6.07) is -3.78. The number of nitrogens with two attached hydrogens (primary N) is 3. The van der Waals surface area contributed by atoms with Gasteiger partial charge in [-0.3, -0.25) is 19.4 Å². The molecule has 2 heterocycles. The molecule has 1 aromatic heterocycles. The highest BCUT2D eigenvalue weighted by Gasteiger charge is 2.38. The number of imidazole rings is 1. The minimum Gasteiger partial charge on any atom is -0.480 e. The van der Waals surface area contributed by atoms with Crippen molar-refractivity contribution in [2.45, 2.75) is 62.7 Å². The number of likely N-dealkylation sites (tertiary alicyclic amines) is 1. The fourth-order valence-corrected chi connectivity index (χ4v) is 4.51. The van der Waals surface area contributed by atoms with Gasteiger partial charge in [-0.05, 0) is 44.1 Å². The Hall–Kier alpha value is -3.33. The van der Waals surface area contributed by atoms with Crippen molar-refractivity contribution >= 4 is 41.4 Å². The molecule has 206 valence electrons. The zero-order valence-electron chi connectivity index (χ0n) is 20.9. The number of aliphatic carboxylic acids is 1. The lowest BCUT2D eigenvalue weighted by Gasteiger charge is -2.28. The molecule has 0 spiro atoms. The monoisotopic (exact) mass is 539 g/mol. The molecule has 0 bridgehead atoms. The van der Waals surface area contributed by atoms with E-state index in [1.165, 1.54) is 23.0 Å². The summed E-state index contributed by atoms with van der Waals surface area (Å²) >= 11 is 1.46. The lowest BCUT2D eigenvalue weighted by molar-refractivity contribution is -0.143. The fourth-order valence-electron chi connectivity index (χ4n) is 4.04. The van der Waals surface area contributed by atoms with E-state index in [1.807, 2.05) is 6.26 Å². The van der Waals surface area contributed by atoms with E-state index in [2.05, 4.69) is 25.6 Å². The maximum atomic E-state index is 13.2. The van der Waals surface area contributed by atoms with Gasteiger partial charge in [0.1, 0.15) is 18.1 Å². The van der Waals surface area contributed by atoms with Gasteiger partial charge < -0.3 is 42.8 Å².